The molecule has 0 radical (unpaired) electrons. The van der Waals surface area contributed by atoms with E-state index in [4.69, 9.17) is 9.73 Å². The highest BCUT2D eigenvalue weighted by Gasteiger charge is 2.41. The molecule has 2 aliphatic heterocycles. The Morgan fingerprint density at radius 2 is 1.67 bits per heavy atom. The number of aliphatic imine (C=N–C) groups is 1. The van der Waals surface area contributed by atoms with Gasteiger partial charge in [-0.2, -0.15) is 0 Å². The number of fused-ring (bicyclic) bond motifs is 1. The number of halogens is 1. The molecule has 24 heavy (non-hydrogen) atoms. The number of hydrogen-bond donors (Lipinski definition) is 0. The summed E-state index contributed by atoms with van der Waals surface area (Å²) in [5.74, 6) is 0. The van der Waals surface area contributed by atoms with Crippen LogP contribution in [0, 0.1) is 0 Å². The quantitative estimate of drug-likeness (QED) is 0.815. The van der Waals surface area contributed by atoms with Crippen molar-refractivity contribution in [2.24, 2.45) is 4.99 Å². The molecule has 2 heterocycles. The van der Waals surface area contributed by atoms with Gasteiger partial charge in [0.2, 0.25) is 0 Å². The van der Waals surface area contributed by atoms with Crippen LogP contribution in [0.2, 0.25) is 0 Å². The molecule has 4 heteroatoms. The van der Waals surface area contributed by atoms with E-state index in [-0.39, 0.29) is 18.5 Å². The highest BCUT2D eigenvalue weighted by atomic mass is 35.5. The van der Waals surface area contributed by atoms with Gasteiger partial charge in [0.05, 0.1) is 12.6 Å². The van der Waals surface area contributed by atoms with E-state index in [0.717, 1.165) is 12.6 Å². The normalized spacial score (nSPS) is 24.2. The van der Waals surface area contributed by atoms with Crippen LogP contribution in [0.3, 0.4) is 0 Å². The first-order valence-corrected chi connectivity index (χ1v) is 8.48. The van der Waals surface area contributed by atoms with E-state index in [1.165, 1.54) is 30.4 Å². The third-order valence-electron chi connectivity index (χ3n) is 4.74. The molecule has 2 saturated heterocycles. The SMILES string of the molecule is Cl.c1ccc(CN=C2O[C@H](c3ccccc3)[C@H]3CCCCN23)cc1. The lowest BCUT2D eigenvalue weighted by Gasteiger charge is -2.30. The maximum absolute atomic E-state index is 6.29. The molecular weight excluding hydrogens is 320 g/mol. The molecule has 0 amide bonds. The zero-order valence-electron chi connectivity index (χ0n) is 13.7. The molecule has 4 rings (SSSR count). The summed E-state index contributed by atoms with van der Waals surface area (Å²) in [5, 5.41) is 0. The first-order valence-electron chi connectivity index (χ1n) is 8.48. The second kappa shape index (κ2) is 7.71. The maximum atomic E-state index is 6.29. The lowest BCUT2D eigenvalue weighted by atomic mass is 9.94. The fourth-order valence-corrected chi connectivity index (χ4v) is 3.57. The topological polar surface area (TPSA) is 24.8 Å². The molecule has 0 aromatic heterocycles. The molecule has 0 saturated carbocycles. The number of amidine groups is 1. The van der Waals surface area contributed by atoms with Crippen molar-refractivity contribution in [2.45, 2.75) is 38.0 Å². The summed E-state index contributed by atoms with van der Waals surface area (Å²) < 4.78 is 6.29. The third-order valence-corrected chi connectivity index (χ3v) is 4.74. The molecule has 0 bridgehead atoms. The monoisotopic (exact) mass is 342 g/mol. The number of nitrogens with zero attached hydrogens (tertiary/aromatic N) is 2. The van der Waals surface area contributed by atoms with Crippen molar-refractivity contribution < 1.29 is 4.74 Å². The minimum atomic E-state index is 0. The number of hydrogen-bond acceptors (Lipinski definition) is 2. The van der Waals surface area contributed by atoms with Gasteiger partial charge >= 0.3 is 0 Å². The predicted octanol–water partition coefficient (Wildman–Crippen LogP) is 4.59. The van der Waals surface area contributed by atoms with E-state index in [1.807, 2.05) is 6.07 Å². The summed E-state index contributed by atoms with van der Waals surface area (Å²) in [6, 6.07) is 22.2. The summed E-state index contributed by atoms with van der Waals surface area (Å²) in [4.78, 5) is 7.15. The Balaban J connectivity index is 0.00000169. The van der Waals surface area contributed by atoms with Crippen LogP contribution >= 0.6 is 12.4 Å². The summed E-state index contributed by atoms with van der Waals surface area (Å²) in [7, 11) is 0. The van der Waals surface area contributed by atoms with E-state index in [0.29, 0.717) is 12.6 Å². The Morgan fingerprint density at radius 1 is 0.958 bits per heavy atom. The second-order valence-corrected chi connectivity index (χ2v) is 6.29. The standard InChI is InChI=1S/C20H22N2O.ClH/c1-3-9-16(10-4-1)15-21-20-22-14-8-7-13-18(22)19(23-20)17-11-5-2-6-12-17;/h1-6,9-12,18-19H,7-8,13-15H2;1H/t18-,19-;/m1./s1. The van der Waals surface area contributed by atoms with E-state index in [2.05, 4.69) is 59.5 Å². The van der Waals surface area contributed by atoms with Gasteiger partial charge in [0, 0.05) is 6.54 Å². The van der Waals surface area contributed by atoms with Crippen LogP contribution in [-0.2, 0) is 11.3 Å². The van der Waals surface area contributed by atoms with Gasteiger partial charge in [0.1, 0.15) is 6.10 Å². The lowest BCUT2D eigenvalue weighted by Crippen LogP contribution is -2.39. The highest BCUT2D eigenvalue weighted by molar-refractivity contribution is 5.85. The maximum Gasteiger partial charge on any atom is 0.288 e. The molecule has 2 aromatic rings. The summed E-state index contributed by atoms with van der Waals surface area (Å²) >= 11 is 0. The Labute approximate surface area is 149 Å². The Morgan fingerprint density at radius 3 is 2.42 bits per heavy atom. The summed E-state index contributed by atoms with van der Waals surface area (Å²) in [6.45, 7) is 1.74. The number of ether oxygens (including phenoxy) is 1. The van der Waals surface area contributed by atoms with E-state index in [1.54, 1.807) is 0 Å². The molecule has 0 aliphatic carbocycles. The number of benzene rings is 2. The van der Waals surface area contributed by atoms with Crippen molar-refractivity contribution in [3.05, 3.63) is 71.8 Å². The van der Waals surface area contributed by atoms with Gasteiger partial charge in [0.25, 0.3) is 6.02 Å². The van der Waals surface area contributed by atoms with Crippen molar-refractivity contribution in [2.75, 3.05) is 6.54 Å². The molecule has 0 N–H and O–H groups in total. The van der Waals surface area contributed by atoms with Crippen LogP contribution in [0.15, 0.2) is 65.7 Å². The smallest absolute Gasteiger partial charge is 0.288 e. The molecule has 0 spiro atoms. The molecule has 2 aliphatic rings. The van der Waals surface area contributed by atoms with Crippen molar-refractivity contribution in [3.8, 4) is 0 Å². The molecule has 2 fully saturated rings. The van der Waals surface area contributed by atoms with Crippen LogP contribution in [-0.4, -0.2) is 23.5 Å². The average Bonchev–Trinajstić information content (AvgIpc) is 3.01. The number of piperidine rings is 1. The van der Waals surface area contributed by atoms with Crippen molar-refractivity contribution in [1.82, 2.24) is 4.90 Å². The molecule has 0 unspecified atom stereocenters. The van der Waals surface area contributed by atoms with E-state index in [9.17, 15) is 0 Å². The van der Waals surface area contributed by atoms with Crippen molar-refractivity contribution in [1.29, 1.82) is 0 Å². The predicted molar refractivity (Wildman–Crippen MR) is 99.4 cm³/mol. The largest absolute Gasteiger partial charge is 0.455 e. The minimum Gasteiger partial charge on any atom is -0.455 e. The third kappa shape index (κ3) is 3.41. The van der Waals surface area contributed by atoms with Gasteiger partial charge in [-0.15, -0.1) is 12.4 Å². The van der Waals surface area contributed by atoms with Crippen LogP contribution < -0.4 is 0 Å². The zero-order chi connectivity index (χ0) is 15.5. The summed E-state index contributed by atoms with van der Waals surface area (Å²) in [6.07, 6.45) is 3.81. The van der Waals surface area contributed by atoms with Crippen LogP contribution in [0.5, 0.6) is 0 Å². The van der Waals surface area contributed by atoms with E-state index >= 15 is 0 Å². The fraction of sp³-hybridized carbons (Fsp3) is 0.350. The van der Waals surface area contributed by atoms with Crippen molar-refractivity contribution in [3.63, 3.8) is 0 Å². The van der Waals surface area contributed by atoms with Crippen LogP contribution in [0.25, 0.3) is 0 Å². The average molecular weight is 343 g/mol. The molecular formula is C20H23ClN2O. The second-order valence-electron chi connectivity index (χ2n) is 6.29. The van der Waals surface area contributed by atoms with Gasteiger partial charge in [-0.05, 0) is 30.4 Å². The van der Waals surface area contributed by atoms with Crippen LogP contribution in [0.1, 0.15) is 36.5 Å². The van der Waals surface area contributed by atoms with Crippen molar-refractivity contribution >= 4 is 18.4 Å². The Hall–Kier alpha value is -2.00. The molecule has 2 atom stereocenters. The Kier molecular flexibility index (Phi) is 5.41. The minimum absolute atomic E-state index is 0. The van der Waals surface area contributed by atoms with Gasteiger partial charge in [-0.25, -0.2) is 4.99 Å². The lowest BCUT2D eigenvalue weighted by molar-refractivity contribution is 0.168. The Bertz CT molecular complexity index is 675. The van der Waals surface area contributed by atoms with Gasteiger partial charge in [0.15, 0.2) is 0 Å². The molecule has 2 aromatic carbocycles. The summed E-state index contributed by atoms with van der Waals surface area (Å²) in [5.41, 5.74) is 2.48. The number of rotatable bonds is 3. The van der Waals surface area contributed by atoms with Gasteiger partial charge in [-0.3, -0.25) is 0 Å². The fourth-order valence-electron chi connectivity index (χ4n) is 3.57. The first-order chi connectivity index (χ1) is 11.4. The molecule has 3 nitrogen and oxygen atoms in total. The first kappa shape index (κ1) is 16.8. The zero-order valence-corrected chi connectivity index (χ0v) is 14.5. The van der Waals surface area contributed by atoms with E-state index < -0.39 is 0 Å². The van der Waals surface area contributed by atoms with Crippen LogP contribution in [0.4, 0.5) is 0 Å². The highest BCUT2D eigenvalue weighted by Crippen LogP contribution is 2.37. The molecule has 126 valence electrons. The van der Waals surface area contributed by atoms with Gasteiger partial charge in [-0.1, -0.05) is 60.7 Å². The van der Waals surface area contributed by atoms with Gasteiger partial charge < -0.3 is 9.64 Å².